The quantitative estimate of drug-likeness (QED) is 0.751. The molecule has 0 spiro atoms. The lowest BCUT2D eigenvalue weighted by Gasteiger charge is -2.10. The number of carbonyl (C=O) groups is 1. The number of amides is 1. The Bertz CT molecular complexity index is 1020. The van der Waals surface area contributed by atoms with Crippen LogP contribution >= 0.6 is 23.1 Å². The number of rotatable bonds is 4. The van der Waals surface area contributed by atoms with Gasteiger partial charge in [0.25, 0.3) is 5.56 Å². The monoisotopic (exact) mass is 364 g/mol. The molecule has 1 aromatic carbocycles. The van der Waals surface area contributed by atoms with Crippen molar-refractivity contribution in [3.63, 3.8) is 0 Å². The van der Waals surface area contributed by atoms with Crippen LogP contribution in [0.15, 0.2) is 39.2 Å². The van der Waals surface area contributed by atoms with Crippen molar-refractivity contribution in [2.45, 2.75) is 13.1 Å². The first kappa shape index (κ1) is 16.4. The maximum absolute atomic E-state index is 12.3. The van der Waals surface area contributed by atoms with E-state index in [1.807, 2.05) is 12.1 Å². The fraction of sp³-hybridized carbons (Fsp3) is 0.200. The summed E-state index contributed by atoms with van der Waals surface area (Å²) in [6, 6.07) is 7.09. The Kier molecular flexibility index (Phi) is 4.50. The molecule has 0 saturated heterocycles. The van der Waals surface area contributed by atoms with Gasteiger partial charge >= 0.3 is 5.69 Å². The van der Waals surface area contributed by atoms with E-state index in [2.05, 4.69) is 9.69 Å². The van der Waals surface area contributed by atoms with Crippen molar-refractivity contribution in [2.24, 2.45) is 7.05 Å². The highest BCUT2D eigenvalue weighted by atomic mass is 35.5. The summed E-state index contributed by atoms with van der Waals surface area (Å²) in [5, 5.41) is 4.95. The van der Waals surface area contributed by atoms with Gasteiger partial charge in [0.15, 0.2) is 5.52 Å². The average molecular weight is 365 g/mol. The normalized spacial score (nSPS) is 10.9. The summed E-state index contributed by atoms with van der Waals surface area (Å²) in [4.78, 5) is 36.4. The lowest BCUT2D eigenvalue weighted by atomic mass is 10.2. The van der Waals surface area contributed by atoms with Crippen LogP contribution in [0.1, 0.15) is 5.56 Å². The predicted molar refractivity (Wildman–Crippen MR) is 92.4 cm³/mol. The highest BCUT2D eigenvalue weighted by Gasteiger charge is 2.15. The molecule has 9 heteroatoms. The molecule has 3 rings (SSSR count). The fourth-order valence-electron chi connectivity index (χ4n) is 2.26. The van der Waals surface area contributed by atoms with Gasteiger partial charge in [-0.15, -0.1) is 0 Å². The molecule has 0 aliphatic carbocycles. The van der Waals surface area contributed by atoms with Crippen molar-refractivity contribution in [3.8, 4) is 0 Å². The third-order valence-corrected chi connectivity index (χ3v) is 4.44. The number of carbonyl (C=O) groups excluding carboxylic acids is 1. The van der Waals surface area contributed by atoms with E-state index >= 15 is 0 Å². The van der Waals surface area contributed by atoms with E-state index in [1.165, 1.54) is 11.6 Å². The van der Waals surface area contributed by atoms with E-state index in [1.54, 1.807) is 17.5 Å². The van der Waals surface area contributed by atoms with Crippen molar-refractivity contribution in [1.29, 1.82) is 0 Å². The van der Waals surface area contributed by atoms with Gasteiger partial charge in [-0.2, -0.15) is 4.37 Å². The Balaban J connectivity index is 1.81. The topological polar surface area (TPSA) is 86.0 Å². The lowest BCUT2D eigenvalue weighted by molar-refractivity contribution is -0.121. The number of hydrogen-bond donors (Lipinski definition) is 1. The second-order valence-electron chi connectivity index (χ2n) is 5.18. The first-order valence-electron chi connectivity index (χ1n) is 7.02. The van der Waals surface area contributed by atoms with E-state index in [0.29, 0.717) is 17.1 Å². The first-order chi connectivity index (χ1) is 11.5. The van der Waals surface area contributed by atoms with Crippen molar-refractivity contribution in [1.82, 2.24) is 18.8 Å². The van der Waals surface area contributed by atoms with Crippen LogP contribution in [0.5, 0.6) is 0 Å². The fourth-order valence-corrected chi connectivity index (χ4v) is 3.05. The highest BCUT2D eigenvalue weighted by Crippen LogP contribution is 2.10. The van der Waals surface area contributed by atoms with E-state index in [4.69, 9.17) is 11.6 Å². The van der Waals surface area contributed by atoms with Crippen LogP contribution in [-0.4, -0.2) is 19.4 Å². The number of fused-ring (bicyclic) bond motifs is 1. The number of aromatic nitrogens is 3. The zero-order chi connectivity index (χ0) is 17.3. The van der Waals surface area contributed by atoms with Gasteiger partial charge in [0.05, 0.1) is 5.52 Å². The second-order valence-corrected chi connectivity index (χ2v) is 6.25. The largest absolute Gasteiger partial charge is 0.350 e. The minimum Gasteiger partial charge on any atom is -0.350 e. The Morgan fingerprint density at radius 3 is 2.71 bits per heavy atom. The molecule has 0 aliphatic heterocycles. The van der Waals surface area contributed by atoms with Crippen LogP contribution in [0.2, 0.25) is 5.02 Å². The van der Waals surface area contributed by atoms with Gasteiger partial charge in [-0.3, -0.25) is 18.7 Å². The van der Waals surface area contributed by atoms with Gasteiger partial charge in [0.2, 0.25) is 5.91 Å². The molecule has 0 aliphatic rings. The maximum Gasteiger partial charge on any atom is 0.331 e. The lowest BCUT2D eigenvalue weighted by Crippen LogP contribution is -2.41. The molecule has 7 nitrogen and oxygen atoms in total. The van der Waals surface area contributed by atoms with E-state index in [9.17, 15) is 14.4 Å². The van der Waals surface area contributed by atoms with Crippen LogP contribution in [-0.2, 0) is 24.9 Å². The zero-order valence-electron chi connectivity index (χ0n) is 12.7. The molecule has 0 radical (unpaired) electrons. The van der Waals surface area contributed by atoms with Crippen LogP contribution in [0.4, 0.5) is 0 Å². The number of halogens is 1. The standard InChI is InChI=1S/C15H13ClN4O3S/c1-19-14(22)13-11(8-24-18-13)20(15(19)23)7-12(21)17-6-9-2-4-10(16)5-3-9/h2-5,8H,6-7H2,1H3,(H,17,21). The van der Waals surface area contributed by atoms with Crippen molar-refractivity contribution in [2.75, 3.05) is 0 Å². The number of nitrogens with zero attached hydrogens (tertiary/aromatic N) is 3. The third kappa shape index (κ3) is 3.10. The summed E-state index contributed by atoms with van der Waals surface area (Å²) in [7, 11) is 1.37. The molecule has 0 saturated carbocycles. The van der Waals surface area contributed by atoms with Gasteiger partial charge in [-0.25, -0.2) is 4.79 Å². The molecule has 2 heterocycles. The Morgan fingerprint density at radius 1 is 1.29 bits per heavy atom. The van der Waals surface area contributed by atoms with Crippen LogP contribution in [0, 0.1) is 0 Å². The highest BCUT2D eigenvalue weighted by molar-refractivity contribution is 7.04. The number of hydrogen-bond acceptors (Lipinski definition) is 5. The zero-order valence-corrected chi connectivity index (χ0v) is 14.2. The maximum atomic E-state index is 12.3. The smallest absolute Gasteiger partial charge is 0.331 e. The molecule has 0 unspecified atom stereocenters. The van der Waals surface area contributed by atoms with Gasteiger partial charge in [0, 0.05) is 24.0 Å². The predicted octanol–water partition coefficient (Wildman–Crippen LogP) is 1.13. The van der Waals surface area contributed by atoms with Crippen molar-refractivity contribution < 1.29 is 4.79 Å². The molecule has 1 amide bonds. The minimum atomic E-state index is -0.547. The molecular weight excluding hydrogens is 352 g/mol. The SMILES string of the molecule is Cn1c(=O)c2nscc2n(CC(=O)NCc2ccc(Cl)cc2)c1=O. The van der Waals surface area contributed by atoms with E-state index < -0.39 is 11.2 Å². The summed E-state index contributed by atoms with van der Waals surface area (Å²) in [5.74, 6) is -0.335. The Hall–Kier alpha value is -2.45. The summed E-state index contributed by atoms with van der Waals surface area (Å²) in [6.07, 6.45) is 0. The molecule has 0 fully saturated rings. The summed E-state index contributed by atoms with van der Waals surface area (Å²) >= 11 is 6.88. The number of nitrogens with one attached hydrogen (secondary N) is 1. The van der Waals surface area contributed by atoms with Crippen LogP contribution < -0.4 is 16.6 Å². The number of benzene rings is 1. The Morgan fingerprint density at radius 2 is 2.00 bits per heavy atom. The summed E-state index contributed by atoms with van der Waals surface area (Å²) in [5.41, 5.74) is 0.439. The third-order valence-electron chi connectivity index (χ3n) is 3.57. The van der Waals surface area contributed by atoms with Gasteiger partial charge in [0.1, 0.15) is 6.54 Å². The van der Waals surface area contributed by atoms with Crippen LogP contribution in [0.3, 0.4) is 0 Å². The molecule has 0 bridgehead atoms. The Labute approximate surface area is 145 Å². The summed E-state index contributed by atoms with van der Waals surface area (Å²) in [6.45, 7) is 0.136. The van der Waals surface area contributed by atoms with Crippen LogP contribution in [0.25, 0.3) is 11.0 Å². The van der Waals surface area contributed by atoms with Gasteiger partial charge in [-0.1, -0.05) is 23.7 Å². The molecule has 0 atom stereocenters. The molecule has 1 N–H and O–H groups in total. The molecule has 24 heavy (non-hydrogen) atoms. The second kappa shape index (κ2) is 6.58. The van der Waals surface area contributed by atoms with Gasteiger partial charge < -0.3 is 5.32 Å². The van der Waals surface area contributed by atoms with E-state index in [-0.39, 0.29) is 18.0 Å². The average Bonchev–Trinajstić information content (AvgIpc) is 3.06. The molecule has 3 aromatic rings. The summed E-state index contributed by atoms with van der Waals surface area (Å²) < 4.78 is 6.19. The molecule has 2 aromatic heterocycles. The van der Waals surface area contributed by atoms with E-state index in [0.717, 1.165) is 21.7 Å². The van der Waals surface area contributed by atoms with Crippen molar-refractivity contribution in [3.05, 3.63) is 61.1 Å². The van der Waals surface area contributed by atoms with Gasteiger partial charge in [-0.05, 0) is 29.2 Å². The molecule has 124 valence electrons. The molecular formula is C15H13ClN4O3S. The van der Waals surface area contributed by atoms with Crippen molar-refractivity contribution >= 4 is 40.1 Å². The minimum absolute atomic E-state index is 0.185. The first-order valence-corrected chi connectivity index (χ1v) is 8.24.